The van der Waals surface area contributed by atoms with Crippen LogP contribution in [0.25, 0.3) is 82.5 Å². The summed E-state index contributed by atoms with van der Waals surface area (Å²) in [7, 11) is 0. The Hall–Kier alpha value is -6.78. The number of nitrogens with one attached hydrogen (secondary N) is 1. The molecule has 240 valence electrons. The fourth-order valence-electron chi connectivity index (χ4n) is 8.12. The second-order valence-electron chi connectivity index (χ2n) is 13.3. The molecule has 0 radical (unpaired) electrons. The van der Waals surface area contributed by atoms with Crippen molar-refractivity contribution in [2.45, 2.75) is 6.23 Å². The Kier molecular flexibility index (Phi) is 5.98. The highest BCUT2D eigenvalue weighted by molar-refractivity contribution is 6.22. The van der Waals surface area contributed by atoms with Gasteiger partial charge in [0.15, 0.2) is 12.0 Å². The second-order valence-corrected chi connectivity index (χ2v) is 13.3. The minimum absolute atomic E-state index is 0.343. The Bertz CT molecular complexity index is 2960. The van der Waals surface area contributed by atoms with Gasteiger partial charge in [-0.15, -0.1) is 0 Å². The quantitative estimate of drug-likeness (QED) is 0.205. The molecule has 51 heavy (non-hydrogen) atoms. The SMILES string of the molecule is c1ccc(-c2cc3c4ccccc4n(-c4ccc(C5Nc6cc(-c7ccccc7)c7oc8ccccc8c7c6O5)cc4)c3c3ccccc23)cc1. The van der Waals surface area contributed by atoms with Crippen molar-refractivity contribution >= 4 is 60.2 Å². The van der Waals surface area contributed by atoms with Gasteiger partial charge in [0.2, 0.25) is 0 Å². The molecule has 0 saturated carbocycles. The number of aromatic nitrogens is 1. The summed E-state index contributed by atoms with van der Waals surface area (Å²) >= 11 is 0. The van der Waals surface area contributed by atoms with Crippen LogP contribution in [0.2, 0.25) is 0 Å². The van der Waals surface area contributed by atoms with Crippen LogP contribution in [0.3, 0.4) is 0 Å². The van der Waals surface area contributed by atoms with E-state index in [2.05, 4.69) is 162 Å². The molecule has 1 N–H and O–H groups in total. The third kappa shape index (κ3) is 4.20. The summed E-state index contributed by atoms with van der Waals surface area (Å²) in [5, 5.41) is 10.7. The average Bonchev–Trinajstić information content (AvgIpc) is 3.90. The molecule has 1 aliphatic rings. The van der Waals surface area contributed by atoms with Crippen LogP contribution in [-0.4, -0.2) is 4.57 Å². The molecule has 0 fully saturated rings. The van der Waals surface area contributed by atoms with Crippen LogP contribution in [0.5, 0.6) is 5.75 Å². The lowest BCUT2D eigenvalue weighted by Crippen LogP contribution is -2.10. The number of ether oxygens (including phenoxy) is 1. The molecule has 8 aromatic carbocycles. The molecule has 0 amide bonds. The van der Waals surface area contributed by atoms with Crippen LogP contribution >= 0.6 is 0 Å². The van der Waals surface area contributed by atoms with Gasteiger partial charge in [0.1, 0.15) is 11.2 Å². The molecule has 2 aromatic heterocycles. The van der Waals surface area contributed by atoms with Crippen molar-refractivity contribution in [3.8, 4) is 33.7 Å². The van der Waals surface area contributed by atoms with Crippen LogP contribution in [0.15, 0.2) is 174 Å². The number of nitrogens with zero attached hydrogens (tertiary/aromatic N) is 1. The summed E-state index contributed by atoms with van der Waals surface area (Å²) in [6.07, 6.45) is -0.343. The Balaban J connectivity index is 1.04. The van der Waals surface area contributed by atoms with Gasteiger partial charge >= 0.3 is 0 Å². The van der Waals surface area contributed by atoms with Gasteiger partial charge in [-0.3, -0.25) is 0 Å². The lowest BCUT2D eigenvalue weighted by Gasteiger charge is -2.15. The summed E-state index contributed by atoms with van der Waals surface area (Å²) in [5.74, 6) is 0.826. The van der Waals surface area contributed by atoms with Gasteiger partial charge in [-0.1, -0.05) is 133 Å². The van der Waals surface area contributed by atoms with E-state index in [4.69, 9.17) is 9.15 Å². The van der Waals surface area contributed by atoms with Crippen molar-refractivity contribution in [1.29, 1.82) is 0 Å². The molecule has 0 saturated heterocycles. The van der Waals surface area contributed by atoms with E-state index in [1.807, 2.05) is 18.2 Å². The lowest BCUT2D eigenvalue weighted by atomic mass is 9.95. The number of benzene rings is 8. The fraction of sp³-hybridized carbons (Fsp3) is 0.0213. The molecule has 0 spiro atoms. The first-order valence-electron chi connectivity index (χ1n) is 17.4. The zero-order chi connectivity index (χ0) is 33.5. The molecule has 11 rings (SSSR count). The van der Waals surface area contributed by atoms with Crippen molar-refractivity contribution in [3.05, 3.63) is 175 Å². The van der Waals surface area contributed by atoms with Crippen molar-refractivity contribution < 1.29 is 9.15 Å². The first-order chi connectivity index (χ1) is 25.3. The molecule has 3 heterocycles. The summed E-state index contributed by atoms with van der Waals surface area (Å²) < 4.78 is 15.7. The van der Waals surface area contributed by atoms with E-state index >= 15 is 0 Å². The van der Waals surface area contributed by atoms with Gasteiger partial charge in [0, 0.05) is 38.4 Å². The number of hydrogen-bond donors (Lipinski definition) is 1. The third-order valence-electron chi connectivity index (χ3n) is 10.4. The maximum absolute atomic E-state index is 6.77. The maximum Gasteiger partial charge on any atom is 0.196 e. The Morgan fingerprint density at radius 3 is 1.90 bits per heavy atom. The molecular weight excluding hydrogens is 625 g/mol. The van der Waals surface area contributed by atoms with Gasteiger partial charge < -0.3 is 19.0 Å². The first kappa shape index (κ1) is 28.1. The second kappa shape index (κ2) is 10.9. The number of rotatable bonds is 4. The fourth-order valence-corrected chi connectivity index (χ4v) is 8.12. The summed E-state index contributed by atoms with van der Waals surface area (Å²) in [5.41, 5.74) is 11.8. The van der Waals surface area contributed by atoms with Crippen molar-refractivity contribution in [2.24, 2.45) is 0 Å². The predicted molar refractivity (Wildman–Crippen MR) is 210 cm³/mol. The lowest BCUT2D eigenvalue weighted by molar-refractivity contribution is 0.263. The van der Waals surface area contributed by atoms with Crippen molar-refractivity contribution in [2.75, 3.05) is 5.32 Å². The van der Waals surface area contributed by atoms with Crippen molar-refractivity contribution in [3.63, 3.8) is 0 Å². The van der Waals surface area contributed by atoms with Crippen LogP contribution < -0.4 is 10.1 Å². The van der Waals surface area contributed by atoms with Gasteiger partial charge in [0.05, 0.1) is 22.1 Å². The molecule has 4 heteroatoms. The highest BCUT2D eigenvalue weighted by Crippen LogP contribution is 2.50. The van der Waals surface area contributed by atoms with Gasteiger partial charge in [0.25, 0.3) is 0 Å². The smallest absolute Gasteiger partial charge is 0.196 e. The van der Waals surface area contributed by atoms with Crippen LogP contribution in [0.1, 0.15) is 11.8 Å². The van der Waals surface area contributed by atoms with E-state index in [9.17, 15) is 0 Å². The van der Waals surface area contributed by atoms with Crippen molar-refractivity contribution in [1.82, 2.24) is 4.57 Å². The number of fused-ring (bicyclic) bond motifs is 10. The van der Waals surface area contributed by atoms with Crippen LogP contribution in [-0.2, 0) is 0 Å². The van der Waals surface area contributed by atoms with Gasteiger partial charge in [-0.05, 0) is 58.5 Å². The number of anilines is 1. The average molecular weight is 655 g/mol. The molecule has 4 nitrogen and oxygen atoms in total. The Morgan fingerprint density at radius 1 is 0.510 bits per heavy atom. The molecule has 1 unspecified atom stereocenters. The number of para-hydroxylation sites is 2. The molecule has 0 aliphatic carbocycles. The topological polar surface area (TPSA) is 39.3 Å². The molecule has 10 aromatic rings. The summed E-state index contributed by atoms with van der Waals surface area (Å²) in [6.45, 7) is 0. The minimum Gasteiger partial charge on any atom is -0.464 e. The van der Waals surface area contributed by atoms with E-state index in [0.29, 0.717) is 0 Å². The Morgan fingerprint density at radius 2 is 1.14 bits per heavy atom. The zero-order valence-electron chi connectivity index (χ0n) is 27.5. The van der Waals surface area contributed by atoms with E-state index in [1.165, 1.54) is 43.7 Å². The van der Waals surface area contributed by atoms with Gasteiger partial charge in [-0.25, -0.2) is 0 Å². The third-order valence-corrected chi connectivity index (χ3v) is 10.4. The predicted octanol–water partition coefficient (Wildman–Crippen LogP) is 12.7. The molecule has 0 bridgehead atoms. The van der Waals surface area contributed by atoms with E-state index in [0.717, 1.165) is 55.8 Å². The van der Waals surface area contributed by atoms with E-state index < -0.39 is 0 Å². The van der Waals surface area contributed by atoms with E-state index in [-0.39, 0.29) is 6.23 Å². The minimum atomic E-state index is -0.343. The highest BCUT2D eigenvalue weighted by Gasteiger charge is 2.30. The largest absolute Gasteiger partial charge is 0.464 e. The van der Waals surface area contributed by atoms with Crippen LogP contribution in [0.4, 0.5) is 5.69 Å². The summed E-state index contributed by atoms with van der Waals surface area (Å²) in [4.78, 5) is 0. The van der Waals surface area contributed by atoms with E-state index in [1.54, 1.807) is 0 Å². The normalized spacial score (nSPS) is 14.0. The van der Waals surface area contributed by atoms with Crippen LogP contribution in [0, 0.1) is 0 Å². The molecular formula is C47H30N2O2. The Labute approximate surface area is 293 Å². The number of hydrogen-bond acceptors (Lipinski definition) is 3. The zero-order valence-corrected chi connectivity index (χ0v) is 27.5. The first-order valence-corrected chi connectivity index (χ1v) is 17.4. The monoisotopic (exact) mass is 654 g/mol. The standard InChI is InChI=1S/C47H30N2O2/c1-3-13-29(14-4-1)37-27-39-34-18-9-11-21-41(34)49(44(39)35-19-8-7-17-33(35)37)32-25-23-31(24-26-32)47-48-40-28-38(30-15-5-2-6-16-30)45-43(46(40)51-47)36-20-10-12-22-42(36)50-45/h1-28,47-48H. The number of furan rings is 1. The highest BCUT2D eigenvalue weighted by atomic mass is 16.5. The van der Waals surface area contributed by atoms with Gasteiger partial charge in [-0.2, -0.15) is 0 Å². The molecule has 1 aliphatic heterocycles. The summed E-state index contributed by atoms with van der Waals surface area (Å²) in [6, 6.07) is 60.2. The maximum atomic E-state index is 6.77. The molecule has 1 atom stereocenters.